The van der Waals surface area contributed by atoms with Gasteiger partial charge in [0.05, 0.1) is 6.04 Å². The van der Waals surface area contributed by atoms with E-state index < -0.39 is 0 Å². The maximum atomic E-state index is 12.5. The molecule has 2 fully saturated rings. The Kier molecular flexibility index (Phi) is 3.55. The second-order valence-corrected chi connectivity index (χ2v) is 6.69. The highest BCUT2D eigenvalue weighted by atomic mass is 16.2. The molecular formula is C17H24N2O. The summed E-state index contributed by atoms with van der Waals surface area (Å²) in [5.41, 5.74) is 1.49. The van der Waals surface area contributed by atoms with E-state index in [0.717, 1.165) is 6.54 Å². The fraction of sp³-hybridized carbons (Fsp3) is 0.588. The van der Waals surface area contributed by atoms with Gasteiger partial charge < -0.3 is 4.90 Å². The Morgan fingerprint density at radius 2 is 1.90 bits per heavy atom. The Bertz CT molecular complexity index is 479. The van der Waals surface area contributed by atoms with Gasteiger partial charge in [0.25, 0.3) is 0 Å². The topological polar surface area (TPSA) is 32.3 Å². The summed E-state index contributed by atoms with van der Waals surface area (Å²) in [6.07, 6.45) is 5.13. The predicted octanol–water partition coefficient (Wildman–Crippen LogP) is 3.09. The zero-order valence-corrected chi connectivity index (χ0v) is 12.4. The highest BCUT2D eigenvalue weighted by Crippen LogP contribution is 2.40. The van der Waals surface area contributed by atoms with E-state index in [4.69, 9.17) is 0 Å². The molecule has 3 rings (SSSR count). The van der Waals surface area contributed by atoms with E-state index in [0.29, 0.717) is 5.41 Å². The van der Waals surface area contributed by atoms with Gasteiger partial charge in [0, 0.05) is 6.54 Å². The molecule has 20 heavy (non-hydrogen) atoms. The second kappa shape index (κ2) is 5.21. The van der Waals surface area contributed by atoms with Gasteiger partial charge in [-0.2, -0.15) is 0 Å². The van der Waals surface area contributed by atoms with Crippen molar-refractivity contribution in [2.45, 2.75) is 51.7 Å². The Morgan fingerprint density at radius 3 is 2.55 bits per heavy atom. The van der Waals surface area contributed by atoms with Crippen molar-refractivity contribution >= 4 is 5.91 Å². The molecule has 3 nitrogen and oxygen atoms in total. The molecule has 1 aliphatic heterocycles. The fourth-order valence-electron chi connectivity index (χ4n) is 3.65. The van der Waals surface area contributed by atoms with Gasteiger partial charge in [0.1, 0.15) is 6.17 Å². The zero-order valence-electron chi connectivity index (χ0n) is 12.4. The van der Waals surface area contributed by atoms with Crippen LogP contribution in [0.2, 0.25) is 0 Å². The van der Waals surface area contributed by atoms with E-state index in [1.807, 2.05) is 25.1 Å². The minimum Gasteiger partial charge on any atom is -0.321 e. The molecule has 0 bridgehead atoms. The second-order valence-electron chi connectivity index (χ2n) is 6.69. The number of nitrogens with zero attached hydrogens (tertiary/aromatic N) is 1. The highest BCUT2D eigenvalue weighted by Gasteiger charge is 2.41. The third-order valence-corrected chi connectivity index (χ3v) is 4.85. The average Bonchev–Trinajstić information content (AvgIpc) is 2.99. The van der Waals surface area contributed by atoms with Crippen molar-refractivity contribution < 1.29 is 4.79 Å². The summed E-state index contributed by atoms with van der Waals surface area (Å²) in [6.45, 7) is 5.18. The molecule has 2 atom stereocenters. The van der Waals surface area contributed by atoms with Gasteiger partial charge in [-0.3, -0.25) is 10.1 Å². The van der Waals surface area contributed by atoms with Crippen molar-refractivity contribution in [1.29, 1.82) is 0 Å². The molecule has 1 amide bonds. The van der Waals surface area contributed by atoms with Crippen LogP contribution in [0.3, 0.4) is 0 Å². The molecule has 1 saturated heterocycles. The number of nitrogens with one attached hydrogen (secondary N) is 1. The minimum atomic E-state index is -0.0785. The summed E-state index contributed by atoms with van der Waals surface area (Å²) in [6, 6.07) is 10.2. The molecule has 2 aliphatic rings. The van der Waals surface area contributed by atoms with Gasteiger partial charge in [0.15, 0.2) is 0 Å². The molecule has 1 aromatic rings. The highest BCUT2D eigenvalue weighted by molar-refractivity contribution is 5.84. The standard InChI is InChI=1S/C17H24N2O/c1-13-16(20)19(12-17(2)10-6-7-11-17)15(18-13)14-8-4-3-5-9-14/h3-5,8-9,13,15,18H,6-7,10-12H2,1-2H3. The molecule has 108 valence electrons. The minimum absolute atomic E-state index is 0.0381. The van der Waals surface area contributed by atoms with Crippen molar-refractivity contribution in [3.8, 4) is 0 Å². The summed E-state index contributed by atoms with van der Waals surface area (Å²) in [7, 11) is 0. The quantitative estimate of drug-likeness (QED) is 0.917. The van der Waals surface area contributed by atoms with Crippen molar-refractivity contribution in [1.82, 2.24) is 10.2 Å². The van der Waals surface area contributed by atoms with Crippen LogP contribution in [0.15, 0.2) is 30.3 Å². The molecular weight excluding hydrogens is 248 g/mol. The number of rotatable bonds is 3. The lowest BCUT2D eigenvalue weighted by atomic mass is 9.88. The first-order valence-corrected chi connectivity index (χ1v) is 7.71. The van der Waals surface area contributed by atoms with Crippen molar-refractivity contribution in [3.05, 3.63) is 35.9 Å². The summed E-state index contributed by atoms with van der Waals surface area (Å²) >= 11 is 0. The van der Waals surface area contributed by atoms with E-state index >= 15 is 0 Å². The normalized spacial score (nSPS) is 29.1. The van der Waals surface area contributed by atoms with Crippen molar-refractivity contribution in [2.24, 2.45) is 5.41 Å². The van der Waals surface area contributed by atoms with Crippen LogP contribution < -0.4 is 5.32 Å². The first kappa shape index (κ1) is 13.6. The van der Waals surface area contributed by atoms with Crippen LogP contribution in [0.4, 0.5) is 0 Å². The molecule has 1 heterocycles. The zero-order chi connectivity index (χ0) is 14.2. The Morgan fingerprint density at radius 1 is 1.25 bits per heavy atom. The number of amides is 1. The van der Waals surface area contributed by atoms with Crippen LogP contribution in [0.25, 0.3) is 0 Å². The molecule has 3 heteroatoms. The van der Waals surface area contributed by atoms with Gasteiger partial charge in [-0.1, -0.05) is 50.1 Å². The lowest BCUT2D eigenvalue weighted by molar-refractivity contribution is -0.131. The maximum Gasteiger partial charge on any atom is 0.241 e. The van der Waals surface area contributed by atoms with Crippen molar-refractivity contribution in [2.75, 3.05) is 6.54 Å². The van der Waals surface area contributed by atoms with Gasteiger partial charge in [-0.05, 0) is 30.7 Å². The molecule has 0 spiro atoms. The fourth-order valence-corrected chi connectivity index (χ4v) is 3.65. The van der Waals surface area contributed by atoms with E-state index in [9.17, 15) is 4.79 Å². The monoisotopic (exact) mass is 272 g/mol. The van der Waals surface area contributed by atoms with E-state index in [2.05, 4.69) is 29.3 Å². The Hall–Kier alpha value is -1.35. The van der Waals surface area contributed by atoms with Gasteiger partial charge in [-0.25, -0.2) is 0 Å². The Balaban J connectivity index is 1.83. The lowest BCUT2D eigenvalue weighted by Crippen LogP contribution is -2.38. The number of benzene rings is 1. The Labute approximate surface area is 121 Å². The van der Waals surface area contributed by atoms with Crippen molar-refractivity contribution in [3.63, 3.8) is 0 Å². The molecule has 1 aliphatic carbocycles. The molecule has 1 aromatic carbocycles. The smallest absolute Gasteiger partial charge is 0.241 e. The van der Waals surface area contributed by atoms with E-state index in [1.54, 1.807) is 0 Å². The van der Waals surface area contributed by atoms with Gasteiger partial charge in [-0.15, -0.1) is 0 Å². The first-order chi connectivity index (χ1) is 9.59. The van der Waals surface area contributed by atoms with Crippen LogP contribution in [0, 0.1) is 5.41 Å². The van der Waals surface area contributed by atoms with Crippen LogP contribution in [0.1, 0.15) is 51.3 Å². The van der Waals surface area contributed by atoms with Crippen LogP contribution in [0.5, 0.6) is 0 Å². The van der Waals surface area contributed by atoms with E-state index in [1.165, 1.54) is 31.2 Å². The summed E-state index contributed by atoms with van der Waals surface area (Å²) in [4.78, 5) is 14.5. The first-order valence-electron chi connectivity index (χ1n) is 7.71. The van der Waals surface area contributed by atoms with E-state index in [-0.39, 0.29) is 18.1 Å². The number of hydrogen-bond acceptors (Lipinski definition) is 2. The summed E-state index contributed by atoms with van der Waals surface area (Å²) in [5.74, 6) is 0.243. The van der Waals surface area contributed by atoms with Crippen LogP contribution in [-0.2, 0) is 4.79 Å². The molecule has 1 saturated carbocycles. The average molecular weight is 272 g/mol. The molecule has 2 unspecified atom stereocenters. The molecule has 0 radical (unpaired) electrons. The predicted molar refractivity (Wildman–Crippen MR) is 80.1 cm³/mol. The number of carbonyl (C=O) groups excluding carboxylic acids is 1. The summed E-state index contributed by atoms with van der Waals surface area (Å²) < 4.78 is 0. The lowest BCUT2D eigenvalue weighted by Gasteiger charge is -2.33. The maximum absolute atomic E-state index is 12.5. The summed E-state index contributed by atoms with van der Waals surface area (Å²) in [5, 5.41) is 3.44. The molecule has 1 N–H and O–H groups in total. The number of hydrogen-bond donors (Lipinski definition) is 1. The van der Waals surface area contributed by atoms with Gasteiger partial charge in [0.2, 0.25) is 5.91 Å². The third-order valence-electron chi connectivity index (χ3n) is 4.85. The van der Waals surface area contributed by atoms with Crippen LogP contribution in [-0.4, -0.2) is 23.4 Å². The largest absolute Gasteiger partial charge is 0.321 e. The third kappa shape index (κ3) is 2.47. The SMILES string of the molecule is CC1NC(c2ccccc2)N(CC2(C)CCCC2)C1=O. The van der Waals surface area contributed by atoms with Crippen LogP contribution >= 0.6 is 0 Å². The van der Waals surface area contributed by atoms with Gasteiger partial charge >= 0.3 is 0 Å². The number of carbonyl (C=O) groups is 1. The molecule has 0 aromatic heterocycles.